The van der Waals surface area contributed by atoms with E-state index >= 15 is 0 Å². The molecule has 0 fully saturated rings. The number of carbonyl (C=O) groups excluding carboxylic acids is 1. The Balaban J connectivity index is 2.30. The van der Waals surface area contributed by atoms with Crippen LogP contribution in [-0.2, 0) is 6.54 Å². The molecule has 0 saturated heterocycles. The SMILES string of the molecule is CC[C@@H](CO)N(Cc1cccs1)C(=O)c1cnccc1C. The van der Waals surface area contributed by atoms with Crippen LogP contribution in [0, 0.1) is 6.92 Å². The smallest absolute Gasteiger partial charge is 0.256 e. The average Bonchev–Trinajstić information content (AvgIpc) is 3.00. The van der Waals surface area contributed by atoms with Crippen LogP contribution in [0.3, 0.4) is 0 Å². The number of hydrogen-bond acceptors (Lipinski definition) is 4. The van der Waals surface area contributed by atoms with E-state index < -0.39 is 0 Å². The minimum Gasteiger partial charge on any atom is -0.394 e. The molecule has 0 aliphatic rings. The molecule has 0 aliphatic carbocycles. The van der Waals surface area contributed by atoms with Gasteiger partial charge in [-0.1, -0.05) is 13.0 Å². The molecule has 4 nitrogen and oxygen atoms in total. The highest BCUT2D eigenvalue weighted by molar-refractivity contribution is 7.09. The van der Waals surface area contributed by atoms with Crippen molar-refractivity contribution in [1.82, 2.24) is 9.88 Å². The third-order valence-electron chi connectivity index (χ3n) is 3.56. The maximum absolute atomic E-state index is 12.8. The number of pyridine rings is 1. The molecule has 1 N–H and O–H groups in total. The van der Waals surface area contributed by atoms with Crippen molar-refractivity contribution in [2.45, 2.75) is 32.9 Å². The first-order chi connectivity index (χ1) is 10.2. The number of aliphatic hydroxyl groups is 1. The van der Waals surface area contributed by atoms with Crippen LogP contribution in [0.1, 0.15) is 34.1 Å². The highest BCUT2D eigenvalue weighted by Gasteiger charge is 2.24. The van der Waals surface area contributed by atoms with Gasteiger partial charge in [0.25, 0.3) is 5.91 Å². The van der Waals surface area contributed by atoms with E-state index in [1.165, 1.54) is 0 Å². The minimum absolute atomic E-state index is 0.0348. The predicted molar refractivity (Wildman–Crippen MR) is 84.3 cm³/mol. The highest BCUT2D eigenvalue weighted by Crippen LogP contribution is 2.19. The van der Waals surface area contributed by atoms with E-state index in [-0.39, 0.29) is 18.6 Å². The molecule has 0 unspecified atom stereocenters. The summed E-state index contributed by atoms with van der Waals surface area (Å²) < 4.78 is 0. The van der Waals surface area contributed by atoms with Gasteiger partial charge in [0.2, 0.25) is 0 Å². The number of rotatable bonds is 6. The van der Waals surface area contributed by atoms with E-state index in [4.69, 9.17) is 0 Å². The minimum atomic E-state index is -0.181. The van der Waals surface area contributed by atoms with Gasteiger partial charge in [0.15, 0.2) is 0 Å². The quantitative estimate of drug-likeness (QED) is 0.893. The van der Waals surface area contributed by atoms with Gasteiger partial charge in [-0.05, 0) is 36.4 Å². The van der Waals surface area contributed by atoms with Crippen LogP contribution in [0.2, 0.25) is 0 Å². The van der Waals surface area contributed by atoms with Gasteiger partial charge in [0, 0.05) is 17.3 Å². The normalized spacial score (nSPS) is 12.1. The van der Waals surface area contributed by atoms with Gasteiger partial charge in [-0.3, -0.25) is 9.78 Å². The van der Waals surface area contributed by atoms with Crippen molar-refractivity contribution < 1.29 is 9.90 Å². The first kappa shape index (κ1) is 15.7. The van der Waals surface area contributed by atoms with Gasteiger partial charge >= 0.3 is 0 Å². The van der Waals surface area contributed by atoms with Crippen molar-refractivity contribution in [2.24, 2.45) is 0 Å². The number of thiophene rings is 1. The third kappa shape index (κ3) is 3.68. The molecule has 2 aromatic rings. The van der Waals surface area contributed by atoms with Crippen molar-refractivity contribution in [1.29, 1.82) is 0 Å². The molecule has 0 bridgehead atoms. The molecule has 5 heteroatoms. The Bertz CT molecular complexity index is 580. The van der Waals surface area contributed by atoms with E-state index in [2.05, 4.69) is 4.98 Å². The third-order valence-corrected chi connectivity index (χ3v) is 4.42. The van der Waals surface area contributed by atoms with Crippen LogP contribution in [0.25, 0.3) is 0 Å². The van der Waals surface area contributed by atoms with Crippen molar-refractivity contribution >= 4 is 17.2 Å². The number of hydrogen-bond donors (Lipinski definition) is 1. The molecule has 0 spiro atoms. The molecule has 0 radical (unpaired) electrons. The number of carbonyl (C=O) groups is 1. The standard InChI is InChI=1S/C16H20N2O2S/c1-3-13(11-19)18(10-14-5-4-8-21-14)16(20)15-9-17-7-6-12(15)2/h4-9,13,19H,3,10-11H2,1-2H3/t13-/m0/s1. The van der Waals surface area contributed by atoms with Crippen LogP contribution in [0.5, 0.6) is 0 Å². The maximum atomic E-state index is 12.8. The van der Waals surface area contributed by atoms with Crippen molar-refractivity contribution in [3.8, 4) is 0 Å². The molecule has 1 atom stereocenters. The summed E-state index contributed by atoms with van der Waals surface area (Å²) in [5, 5.41) is 11.6. The summed E-state index contributed by atoms with van der Waals surface area (Å²) in [5.41, 5.74) is 1.50. The number of aromatic nitrogens is 1. The lowest BCUT2D eigenvalue weighted by atomic mass is 10.1. The van der Waals surface area contributed by atoms with E-state index in [1.54, 1.807) is 28.6 Å². The Hall–Kier alpha value is -1.72. The largest absolute Gasteiger partial charge is 0.394 e. The summed E-state index contributed by atoms with van der Waals surface area (Å²) in [6.07, 6.45) is 4.00. The second-order valence-corrected chi connectivity index (χ2v) is 5.98. The molecular formula is C16H20N2O2S. The zero-order valence-electron chi connectivity index (χ0n) is 12.3. The number of aliphatic hydroxyl groups excluding tert-OH is 1. The summed E-state index contributed by atoms with van der Waals surface area (Å²) in [6, 6.07) is 5.62. The van der Waals surface area contributed by atoms with Crippen molar-refractivity contribution in [2.75, 3.05) is 6.61 Å². The van der Waals surface area contributed by atoms with Crippen molar-refractivity contribution in [3.63, 3.8) is 0 Å². The van der Waals surface area contributed by atoms with Crippen LogP contribution >= 0.6 is 11.3 Å². The van der Waals surface area contributed by atoms with Gasteiger partial charge in [0.05, 0.1) is 24.8 Å². The Morgan fingerprint density at radius 3 is 2.86 bits per heavy atom. The molecule has 112 valence electrons. The lowest BCUT2D eigenvalue weighted by Gasteiger charge is -2.30. The van der Waals surface area contributed by atoms with Crippen LogP contribution in [0.4, 0.5) is 0 Å². The lowest BCUT2D eigenvalue weighted by Crippen LogP contribution is -2.41. The Labute approximate surface area is 129 Å². The molecule has 21 heavy (non-hydrogen) atoms. The summed E-state index contributed by atoms with van der Waals surface area (Å²) in [4.78, 5) is 19.7. The first-order valence-corrected chi connectivity index (χ1v) is 7.90. The van der Waals surface area contributed by atoms with Crippen molar-refractivity contribution in [3.05, 3.63) is 52.0 Å². The topological polar surface area (TPSA) is 53.4 Å². The maximum Gasteiger partial charge on any atom is 0.256 e. The molecule has 2 rings (SSSR count). The van der Waals surface area contributed by atoms with Gasteiger partial charge in [0.1, 0.15) is 0 Å². The number of nitrogens with zero attached hydrogens (tertiary/aromatic N) is 2. The molecule has 1 amide bonds. The van der Waals surface area contributed by atoms with Gasteiger partial charge < -0.3 is 10.0 Å². The first-order valence-electron chi connectivity index (χ1n) is 7.02. The van der Waals surface area contributed by atoms with E-state index in [1.807, 2.05) is 37.4 Å². The second kappa shape index (κ2) is 7.33. The van der Waals surface area contributed by atoms with Gasteiger partial charge in [-0.2, -0.15) is 0 Å². The molecular weight excluding hydrogens is 284 g/mol. The summed E-state index contributed by atoms with van der Waals surface area (Å²) in [5.74, 6) is -0.0742. The molecule has 2 aromatic heterocycles. The lowest BCUT2D eigenvalue weighted by molar-refractivity contribution is 0.0565. The van der Waals surface area contributed by atoms with Gasteiger partial charge in [-0.15, -0.1) is 11.3 Å². The predicted octanol–water partition coefficient (Wildman–Crippen LogP) is 2.86. The zero-order chi connectivity index (χ0) is 15.2. The van der Waals surface area contributed by atoms with Crippen LogP contribution < -0.4 is 0 Å². The van der Waals surface area contributed by atoms with Crippen LogP contribution in [-0.4, -0.2) is 33.5 Å². The van der Waals surface area contributed by atoms with Crippen LogP contribution in [0.15, 0.2) is 36.0 Å². The zero-order valence-corrected chi connectivity index (χ0v) is 13.1. The molecule has 0 aromatic carbocycles. The Morgan fingerprint density at radius 2 is 2.29 bits per heavy atom. The summed E-state index contributed by atoms with van der Waals surface area (Å²) in [7, 11) is 0. The fraction of sp³-hybridized carbons (Fsp3) is 0.375. The number of aryl methyl sites for hydroxylation is 1. The average molecular weight is 304 g/mol. The second-order valence-electron chi connectivity index (χ2n) is 4.95. The Morgan fingerprint density at radius 1 is 1.48 bits per heavy atom. The molecule has 2 heterocycles. The fourth-order valence-electron chi connectivity index (χ4n) is 2.23. The fourth-order valence-corrected chi connectivity index (χ4v) is 2.93. The van der Waals surface area contributed by atoms with E-state index in [0.717, 1.165) is 10.4 Å². The molecule has 0 aliphatic heterocycles. The van der Waals surface area contributed by atoms with E-state index in [0.29, 0.717) is 18.5 Å². The van der Waals surface area contributed by atoms with E-state index in [9.17, 15) is 9.90 Å². The Kier molecular flexibility index (Phi) is 5.47. The number of amides is 1. The molecule has 0 saturated carbocycles. The summed E-state index contributed by atoms with van der Waals surface area (Å²) >= 11 is 1.62. The monoisotopic (exact) mass is 304 g/mol. The summed E-state index contributed by atoms with van der Waals surface area (Å²) in [6.45, 7) is 4.36. The van der Waals surface area contributed by atoms with Gasteiger partial charge in [-0.25, -0.2) is 0 Å². The highest BCUT2D eigenvalue weighted by atomic mass is 32.1.